The van der Waals surface area contributed by atoms with Crippen LogP contribution in [-0.2, 0) is 0 Å². The minimum absolute atomic E-state index is 0.0354. The number of para-hydroxylation sites is 1. The lowest BCUT2D eigenvalue weighted by Crippen LogP contribution is -2.49. The normalized spacial score (nSPS) is 39.5. The Morgan fingerprint density at radius 1 is 1.16 bits per heavy atom. The number of rotatable bonds is 3. The summed E-state index contributed by atoms with van der Waals surface area (Å²) in [5.41, 5.74) is 7.88. The molecule has 3 N–H and O–H groups in total. The molecule has 2 unspecified atom stereocenters. The van der Waals surface area contributed by atoms with Crippen molar-refractivity contribution in [2.45, 2.75) is 45.8 Å². The number of aliphatic hydroxyl groups is 1. The third-order valence-electron chi connectivity index (χ3n) is 5.96. The molecule has 0 amide bonds. The van der Waals surface area contributed by atoms with Crippen LogP contribution in [0.25, 0.3) is 0 Å². The summed E-state index contributed by atoms with van der Waals surface area (Å²) in [6, 6.07) is 10.2. The van der Waals surface area contributed by atoms with Crippen LogP contribution in [-0.4, -0.2) is 17.3 Å². The minimum Gasteiger partial charge on any atom is -0.391 e. The van der Waals surface area contributed by atoms with Crippen molar-refractivity contribution < 1.29 is 5.11 Å². The summed E-state index contributed by atoms with van der Waals surface area (Å²) >= 11 is 0. The standard InChI is InChI=1S/C16H24N2O/c1-15(2)12-9-10-16(15,3)14(19)13(12)18-17-11-7-5-4-6-8-11/h4-8,12-14,17-19H,9-10H2,1-3H3/t12-,13?,14?,16+/m1/s1. The van der Waals surface area contributed by atoms with E-state index in [1.807, 2.05) is 30.3 Å². The van der Waals surface area contributed by atoms with E-state index < -0.39 is 0 Å². The fourth-order valence-electron chi connectivity index (χ4n) is 4.20. The second-order valence-corrected chi connectivity index (χ2v) is 6.89. The molecule has 3 nitrogen and oxygen atoms in total. The Hall–Kier alpha value is -1.06. The van der Waals surface area contributed by atoms with Crippen LogP contribution >= 0.6 is 0 Å². The predicted octanol–water partition coefficient (Wildman–Crippen LogP) is 2.79. The molecule has 1 aromatic rings. The largest absolute Gasteiger partial charge is 0.391 e. The van der Waals surface area contributed by atoms with E-state index in [1.165, 1.54) is 6.42 Å². The highest BCUT2D eigenvalue weighted by atomic mass is 16.3. The molecular weight excluding hydrogens is 236 g/mol. The van der Waals surface area contributed by atoms with Gasteiger partial charge in [0.15, 0.2) is 0 Å². The highest BCUT2D eigenvalue weighted by molar-refractivity contribution is 5.41. The Balaban J connectivity index is 1.74. The SMILES string of the molecule is CC1(C)[C@@H]2CC[C@@]1(C)C(O)C2NNc1ccccc1. The van der Waals surface area contributed by atoms with E-state index in [2.05, 4.69) is 31.6 Å². The number of benzene rings is 1. The van der Waals surface area contributed by atoms with Crippen molar-refractivity contribution >= 4 is 5.69 Å². The van der Waals surface area contributed by atoms with Gasteiger partial charge in [-0.1, -0.05) is 39.0 Å². The molecule has 4 atom stereocenters. The number of hydrogen-bond donors (Lipinski definition) is 3. The maximum Gasteiger partial charge on any atom is 0.0772 e. The van der Waals surface area contributed by atoms with Gasteiger partial charge in [-0.2, -0.15) is 0 Å². The van der Waals surface area contributed by atoms with E-state index in [0.717, 1.165) is 12.1 Å². The van der Waals surface area contributed by atoms with Gasteiger partial charge >= 0.3 is 0 Å². The number of fused-ring (bicyclic) bond motifs is 2. The van der Waals surface area contributed by atoms with Crippen molar-refractivity contribution in [2.24, 2.45) is 16.7 Å². The van der Waals surface area contributed by atoms with Crippen LogP contribution in [0, 0.1) is 16.7 Å². The number of hydrogen-bond acceptors (Lipinski definition) is 3. The lowest BCUT2D eigenvalue weighted by atomic mass is 9.70. The average molecular weight is 260 g/mol. The molecular formula is C16H24N2O. The van der Waals surface area contributed by atoms with Crippen molar-refractivity contribution in [2.75, 3.05) is 5.43 Å². The summed E-state index contributed by atoms with van der Waals surface area (Å²) in [5, 5.41) is 10.6. The molecule has 0 radical (unpaired) electrons. The van der Waals surface area contributed by atoms with E-state index >= 15 is 0 Å². The van der Waals surface area contributed by atoms with E-state index in [-0.39, 0.29) is 23.0 Å². The molecule has 104 valence electrons. The van der Waals surface area contributed by atoms with Crippen molar-refractivity contribution in [1.29, 1.82) is 0 Å². The van der Waals surface area contributed by atoms with Gasteiger partial charge < -0.3 is 10.5 Å². The second kappa shape index (κ2) is 4.22. The lowest BCUT2D eigenvalue weighted by Gasteiger charge is -2.37. The van der Waals surface area contributed by atoms with Gasteiger partial charge in [0.05, 0.1) is 12.1 Å². The molecule has 0 saturated heterocycles. The summed E-state index contributed by atoms with van der Waals surface area (Å²) in [7, 11) is 0. The molecule has 2 aliphatic rings. The predicted molar refractivity (Wildman–Crippen MR) is 77.6 cm³/mol. The topological polar surface area (TPSA) is 44.3 Å². The Kier molecular flexibility index (Phi) is 2.88. The zero-order chi connectivity index (χ0) is 13.7. The maximum absolute atomic E-state index is 10.6. The van der Waals surface area contributed by atoms with Crippen molar-refractivity contribution in [3.8, 4) is 0 Å². The van der Waals surface area contributed by atoms with E-state index in [4.69, 9.17) is 0 Å². The zero-order valence-corrected chi connectivity index (χ0v) is 12.0. The summed E-state index contributed by atoms with van der Waals surface area (Å²) in [5.74, 6) is 0.531. The summed E-state index contributed by atoms with van der Waals surface area (Å²) < 4.78 is 0. The molecule has 0 aliphatic heterocycles. The van der Waals surface area contributed by atoms with Crippen molar-refractivity contribution in [1.82, 2.24) is 5.43 Å². The Labute approximate surface area is 115 Å². The van der Waals surface area contributed by atoms with E-state index in [1.54, 1.807) is 0 Å². The fraction of sp³-hybridized carbons (Fsp3) is 0.625. The molecule has 0 aromatic heterocycles. The molecule has 0 spiro atoms. The van der Waals surface area contributed by atoms with E-state index in [9.17, 15) is 5.11 Å². The number of nitrogens with one attached hydrogen (secondary N) is 2. The summed E-state index contributed by atoms with van der Waals surface area (Å²) in [6.45, 7) is 6.85. The molecule has 2 fully saturated rings. The van der Waals surface area contributed by atoms with Crippen molar-refractivity contribution in [3.05, 3.63) is 30.3 Å². The third-order valence-corrected chi connectivity index (χ3v) is 5.96. The van der Waals surface area contributed by atoms with Gasteiger partial charge in [-0.05, 0) is 36.3 Å². The van der Waals surface area contributed by atoms with Crippen LogP contribution in [0.3, 0.4) is 0 Å². The second-order valence-electron chi connectivity index (χ2n) is 6.89. The fourth-order valence-corrected chi connectivity index (χ4v) is 4.20. The Morgan fingerprint density at radius 2 is 1.84 bits per heavy atom. The lowest BCUT2D eigenvalue weighted by molar-refractivity contribution is 0.00124. The van der Waals surface area contributed by atoms with Gasteiger partial charge in [0, 0.05) is 11.1 Å². The Morgan fingerprint density at radius 3 is 2.42 bits per heavy atom. The van der Waals surface area contributed by atoms with Crippen LogP contribution in [0.5, 0.6) is 0 Å². The number of hydrazine groups is 1. The molecule has 2 aliphatic carbocycles. The highest BCUT2D eigenvalue weighted by Gasteiger charge is 2.65. The molecule has 0 heterocycles. The molecule has 1 aromatic carbocycles. The first-order valence-corrected chi connectivity index (χ1v) is 7.21. The van der Waals surface area contributed by atoms with Crippen LogP contribution < -0.4 is 10.9 Å². The summed E-state index contributed by atoms with van der Waals surface area (Å²) in [6.07, 6.45) is 2.06. The van der Waals surface area contributed by atoms with Gasteiger partial charge in [-0.15, -0.1) is 0 Å². The van der Waals surface area contributed by atoms with E-state index in [0.29, 0.717) is 5.92 Å². The quantitative estimate of drug-likeness (QED) is 0.732. The number of aliphatic hydroxyl groups excluding tert-OH is 1. The maximum atomic E-state index is 10.6. The van der Waals surface area contributed by atoms with Gasteiger partial charge in [0.2, 0.25) is 0 Å². The summed E-state index contributed by atoms with van der Waals surface area (Å²) in [4.78, 5) is 0. The zero-order valence-electron chi connectivity index (χ0n) is 12.0. The highest BCUT2D eigenvalue weighted by Crippen LogP contribution is 2.65. The van der Waals surface area contributed by atoms with Gasteiger partial charge in [0.1, 0.15) is 0 Å². The van der Waals surface area contributed by atoms with Crippen molar-refractivity contribution in [3.63, 3.8) is 0 Å². The molecule has 19 heavy (non-hydrogen) atoms. The molecule has 3 heteroatoms. The first-order chi connectivity index (χ1) is 8.97. The van der Waals surface area contributed by atoms with Crippen LogP contribution in [0.2, 0.25) is 0 Å². The van der Waals surface area contributed by atoms with Crippen LogP contribution in [0.1, 0.15) is 33.6 Å². The molecule has 2 saturated carbocycles. The monoisotopic (exact) mass is 260 g/mol. The molecule has 3 rings (SSSR count). The third kappa shape index (κ3) is 1.72. The minimum atomic E-state index is -0.280. The molecule has 2 bridgehead atoms. The number of anilines is 1. The first kappa shape index (κ1) is 12.9. The van der Waals surface area contributed by atoms with Crippen LogP contribution in [0.15, 0.2) is 30.3 Å². The van der Waals surface area contributed by atoms with Crippen LogP contribution in [0.4, 0.5) is 5.69 Å². The first-order valence-electron chi connectivity index (χ1n) is 7.21. The smallest absolute Gasteiger partial charge is 0.0772 e. The van der Waals surface area contributed by atoms with Gasteiger partial charge in [-0.3, -0.25) is 0 Å². The average Bonchev–Trinajstić information content (AvgIpc) is 2.70. The Bertz CT molecular complexity index is 459. The van der Waals surface area contributed by atoms with Gasteiger partial charge in [0.25, 0.3) is 0 Å². The van der Waals surface area contributed by atoms with Gasteiger partial charge in [-0.25, -0.2) is 5.43 Å².